The summed E-state index contributed by atoms with van der Waals surface area (Å²) in [5, 5.41) is 0. The Kier molecular flexibility index (Phi) is 2.40. The fourth-order valence-corrected chi connectivity index (χ4v) is 2.90. The molecule has 1 aliphatic heterocycles. The highest BCUT2D eigenvalue weighted by atomic mass is 32.2. The number of rotatable bonds is 1. The lowest BCUT2D eigenvalue weighted by Gasteiger charge is -2.18. The third kappa shape index (κ3) is 1.72. The van der Waals surface area contributed by atoms with Crippen LogP contribution in [-0.2, 0) is 5.75 Å². The number of nitrogens with two attached hydrogens (primary N) is 1. The Morgan fingerprint density at radius 2 is 2.29 bits per heavy atom. The maximum Gasteiger partial charge on any atom is 0.220 e. The van der Waals surface area contributed by atoms with Crippen molar-refractivity contribution in [3.8, 4) is 17.0 Å². The molecule has 0 aliphatic carbocycles. The molecule has 5 heteroatoms. The lowest BCUT2D eigenvalue weighted by molar-refractivity contribution is 0.414. The Morgan fingerprint density at radius 1 is 1.41 bits per heavy atom. The van der Waals surface area contributed by atoms with Gasteiger partial charge >= 0.3 is 0 Å². The molecule has 0 spiro atoms. The van der Waals surface area contributed by atoms with Gasteiger partial charge in [-0.1, -0.05) is 0 Å². The first-order valence-corrected chi connectivity index (χ1v) is 6.19. The van der Waals surface area contributed by atoms with E-state index in [1.165, 1.54) is 4.90 Å². The van der Waals surface area contributed by atoms with Crippen LogP contribution < -0.4 is 10.5 Å². The Balaban J connectivity index is 2.19. The molecule has 2 N–H and O–H groups in total. The number of aromatic nitrogens is 2. The molecule has 4 nitrogen and oxygen atoms in total. The second-order valence-corrected chi connectivity index (χ2v) is 4.77. The maximum atomic E-state index is 5.64. The molecule has 1 aromatic heterocycles. The summed E-state index contributed by atoms with van der Waals surface area (Å²) in [4.78, 5) is 9.53. The Morgan fingerprint density at radius 3 is 3.12 bits per heavy atom. The molecule has 0 fully saturated rings. The predicted molar refractivity (Wildman–Crippen MR) is 68.0 cm³/mol. The maximum absolute atomic E-state index is 5.64. The molecule has 2 heterocycles. The molecule has 0 bridgehead atoms. The summed E-state index contributed by atoms with van der Waals surface area (Å²) < 4.78 is 5.22. The van der Waals surface area contributed by atoms with E-state index in [-0.39, 0.29) is 0 Å². The highest BCUT2D eigenvalue weighted by molar-refractivity contribution is 7.98. The first-order chi connectivity index (χ1) is 8.28. The fraction of sp³-hybridized carbons (Fsp3) is 0.167. The van der Waals surface area contributed by atoms with Gasteiger partial charge in [-0.3, -0.25) is 0 Å². The van der Waals surface area contributed by atoms with E-state index < -0.39 is 0 Å². The van der Waals surface area contributed by atoms with E-state index in [2.05, 4.69) is 9.97 Å². The van der Waals surface area contributed by atoms with Crippen LogP contribution in [0, 0.1) is 0 Å². The van der Waals surface area contributed by atoms with Gasteiger partial charge in [0.05, 0.1) is 12.8 Å². The summed E-state index contributed by atoms with van der Waals surface area (Å²) in [5.41, 5.74) is 8.81. The van der Waals surface area contributed by atoms with Gasteiger partial charge < -0.3 is 10.5 Å². The smallest absolute Gasteiger partial charge is 0.220 e. The average molecular weight is 245 g/mol. The van der Waals surface area contributed by atoms with E-state index in [1.807, 2.05) is 18.2 Å². The van der Waals surface area contributed by atoms with E-state index in [1.54, 1.807) is 25.1 Å². The standard InChI is InChI=1S/C12H11N3OS/c1-16-8-2-3-9-10(4-8)17-6-7-5-14-12(13)15-11(7)9/h2-5H,6H2,1H3,(H2,13,14,15). The first kappa shape index (κ1) is 10.4. The lowest BCUT2D eigenvalue weighted by Crippen LogP contribution is -2.04. The van der Waals surface area contributed by atoms with Crippen LogP contribution >= 0.6 is 11.8 Å². The van der Waals surface area contributed by atoms with E-state index in [9.17, 15) is 0 Å². The molecule has 0 saturated heterocycles. The number of hydrogen-bond acceptors (Lipinski definition) is 5. The Labute approximate surface area is 103 Å². The topological polar surface area (TPSA) is 61.0 Å². The van der Waals surface area contributed by atoms with Crippen molar-refractivity contribution in [3.63, 3.8) is 0 Å². The molecule has 3 rings (SSSR count). The monoisotopic (exact) mass is 245 g/mol. The van der Waals surface area contributed by atoms with Crippen molar-refractivity contribution < 1.29 is 4.74 Å². The summed E-state index contributed by atoms with van der Waals surface area (Å²) in [6.07, 6.45) is 1.80. The third-order valence-electron chi connectivity index (χ3n) is 2.71. The normalized spacial score (nSPS) is 12.8. The fourth-order valence-electron chi connectivity index (χ4n) is 1.86. The zero-order valence-electron chi connectivity index (χ0n) is 9.30. The first-order valence-electron chi connectivity index (χ1n) is 5.20. The van der Waals surface area contributed by atoms with Crippen LogP contribution in [0.2, 0.25) is 0 Å². The number of hydrogen-bond donors (Lipinski definition) is 1. The van der Waals surface area contributed by atoms with Crippen molar-refractivity contribution >= 4 is 17.7 Å². The van der Waals surface area contributed by atoms with Crippen LogP contribution in [0.25, 0.3) is 11.3 Å². The van der Waals surface area contributed by atoms with Crippen molar-refractivity contribution in [2.24, 2.45) is 0 Å². The lowest BCUT2D eigenvalue weighted by atomic mass is 10.1. The number of benzene rings is 1. The van der Waals surface area contributed by atoms with Gasteiger partial charge in [0.25, 0.3) is 0 Å². The van der Waals surface area contributed by atoms with Gasteiger partial charge in [0.1, 0.15) is 5.75 Å². The van der Waals surface area contributed by atoms with Crippen molar-refractivity contribution in [1.29, 1.82) is 0 Å². The molecular formula is C12H11N3OS. The van der Waals surface area contributed by atoms with Crippen molar-refractivity contribution in [2.75, 3.05) is 12.8 Å². The van der Waals surface area contributed by atoms with Crippen LogP contribution in [0.1, 0.15) is 5.56 Å². The summed E-state index contributed by atoms with van der Waals surface area (Å²) in [7, 11) is 1.67. The average Bonchev–Trinajstić information content (AvgIpc) is 2.37. The Hall–Kier alpha value is -1.75. The van der Waals surface area contributed by atoms with Gasteiger partial charge in [-0.25, -0.2) is 9.97 Å². The van der Waals surface area contributed by atoms with E-state index in [4.69, 9.17) is 10.5 Å². The van der Waals surface area contributed by atoms with Gasteiger partial charge in [0, 0.05) is 28.0 Å². The van der Waals surface area contributed by atoms with Gasteiger partial charge in [-0.2, -0.15) is 0 Å². The van der Waals surface area contributed by atoms with Crippen molar-refractivity contribution in [1.82, 2.24) is 9.97 Å². The molecular weight excluding hydrogens is 234 g/mol. The summed E-state index contributed by atoms with van der Waals surface area (Å²) in [5.74, 6) is 2.05. The zero-order chi connectivity index (χ0) is 11.8. The minimum absolute atomic E-state index is 0.317. The summed E-state index contributed by atoms with van der Waals surface area (Å²) in [6.45, 7) is 0. The molecule has 17 heavy (non-hydrogen) atoms. The second-order valence-electron chi connectivity index (χ2n) is 3.75. The van der Waals surface area contributed by atoms with Gasteiger partial charge in [0.15, 0.2) is 0 Å². The molecule has 1 aromatic carbocycles. The van der Waals surface area contributed by atoms with Crippen LogP contribution in [-0.4, -0.2) is 17.1 Å². The zero-order valence-corrected chi connectivity index (χ0v) is 10.1. The van der Waals surface area contributed by atoms with E-state index in [0.29, 0.717) is 5.95 Å². The van der Waals surface area contributed by atoms with Crippen molar-refractivity contribution in [2.45, 2.75) is 10.6 Å². The number of methoxy groups -OCH3 is 1. The second kappa shape index (κ2) is 3.92. The number of anilines is 1. The van der Waals surface area contributed by atoms with E-state index >= 15 is 0 Å². The van der Waals surface area contributed by atoms with E-state index in [0.717, 1.165) is 28.3 Å². The number of nitrogen functional groups attached to an aromatic ring is 1. The quantitative estimate of drug-likeness (QED) is 0.835. The van der Waals surface area contributed by atoms with Crippen LogP contribution in [0.4, 0.5) is 5.95 Å². The summed E-state index contributed by atoms with van der Waals surface area (Å²) >= 11 is 1.77. The highest BCUT2D eigenvalue weighted by Gasteiger charge is 2.19. The molecule has 86 valence electrons. The molecule has 0 atom stereocenters. The molecule has 0 unspecified atom stereocenters. The number of thioether (sulfide) groups is 1. The molecule has 0 amide bonds. The predicted octanol–water partition coefficient (Wildman–Crippen LogP) is 2.34. The number of ether oxygens (including phenoxy) is 1. The third-order valence-corrected chi connectivity index (χ3v) is 3.81. The summed E-state index contributed by atoms with van der Waals surface area (Å²) in [6, 6.07) is 5.99. The van der Waals surface area contributed by atoms with Gasteiger partial charge in [-0.05, 0) is 18.2 Å². The molecule has 2 aromatic rings. The highest BCUT2D eigenvalue weighted by Crippen LogP contribution is 2.41. The van der Waals surface area contributed by atoms with Crippen LogP contribution in [0.15, 0.2) is 29.3 Å². The van der Waals surface area contributed by atoms with Gasteiger partial charge in [0.2, 0.25) is 5.95 Å². The largest absolute Gasteiger partial charge is 0.497 e. The number of nitrogens with zero attached hydrogens (tertiary/aromatic N) is 2. The minimum atomic E-state index is 0.317. The Bertz CT molecular complexity index is 586. The van der Waals surface area contributed by atoms with Crippen LogP contribution in [0.3, 0.4) is 0 Å². The van der Waals surface area contributed by atoms with Gasteiger partial charge in [-0.15, -0.1) is 11.8 Å². The number of fused-ring (bicyclic) bond motifs is 3. The minimum Gasteiger partial charge on any atom is -0.497 e. The molecule has 0 saturated carbocycles. The van der Waals surface area contributed by atoms with Crippen molar-refractivity contribution in [3.05, 3.63) is 30.0 Å². The van der Waals surface area contributed by atoms with Crippen LogP contribution in [0.5, 0.6) is 5.75 Å². The molecule has 0 radical (unpaired) electrons. The molecule has 1 aliphatic rings. The SMILES string of the molecule is COc1ccc2c(c1)SCc1cnc(N)nc1-2.